The smallest absolute Gasteiger partial charge is 0.358 e. The number of fused-ring (bicyclic) bond motifs is 5. The molecule has 2 aliphatic rings. The van der Waals surface area contributed by atoms with Crippen molar-refractivity contribution in [3.05, 3.63) is 46.5 Å². The molecular weight excluding hydrogens is 318 g/mol. The maximum absolute atomic E-state index is 12.8. The fraction of sp³-hybridized carbons (Fsp3) is 0.312. The quantitative estimate of drug-likeness (QED) is 0.793. The van der Waals surface area contributed by atoms with E-state index in [4.69, 9.17) is 16.3 Å². The van der Waals surface area contributed by atoms with Gasteiger partial charge in [0.1, 0.15) is 6.33 Å². The first-order chi connectivity index (χ1) is 11.1. The number of carbonyl (C=O) groups excluding carboxylic acids is 2. The van der Waals surface area contributed by atoms with Crippen LogP contribution in [0.2, 0.25) is 5.02 Å². The summed E-state index contributed by atoms with van der Waals surface area (Å²) >= 11 is 6.26. The third-order valence-electron chi connectivity index (χ3n) is 4.33. The fourth-order valence-corrected chi connectivity index (χ4v) is 3.46. The Labute approximate surface area is 137 Å². The van der Waals surface area contributed by atoms with Crippen LogP contribution in [-0.2, 0) is 4.74 Å². The Morgan fingerprint density at radius 1 is 1.48 bits per heavy atom. The summed E-state index contributed by atoms with van der Waals surface area (Å²) in [6.45, 7) is 2.67. The van der Waals surface area contributed by atoms with E-state index in [1.807, 2.05) is 6.07 Å². The minimum atomic E-state index is -0.467. The first-order valence-electron chi connectivity index (χ1n) is 7.47. The highest BCUT2D eigenvalue weighted by atomic mass is 35.5. The molecule has 0 saturated carbocycles. The first kappa shape index (κ1) is 14.3. The molecule has 4 rings (SSSR count). The Morgan fingerprint density at radius 3 is 3.00 bits per heavy atom. The summed E-state index contributed by atoms with van der Waals surface area (Å²) in [4.78, 5) is 31.0. The van der Waals surface area contributed by atoms with Crippen LogP contribution in [0.5, 0.6) is 0 Å². The van der Waals surface area contributed by atoms with Crippen molar-refractivity contribution < 1.29 is 14.3 Å². The van der Waals surface area contributed by atoms with Gasteiger partial charge in [-0.25, -0.2) is 9.78 Å². The Morgan fingerprint density at radius 2 is 2.30 bits per heavy atom. The molecule has 0 N–H and O–H groups in total. The number of aromatic nitrogens is 2. The van der Waals surface area contributed by atoms with Crippen LogP contribution in [0.3, 0.4) is 0 Å². The zero-order chi connectivity index (χ0) is 16.1. The number of carbonyl (C=O) groups is 2. The second-order valence-electron chi connectivity index (χ2n) is 5.51. The summed E-state index contributed by atoms with van der Waals surface area (Å²) < 4.78 is 6.88. The van der Waals surface area contributed by atoms with Crippen LogP contribution in [0, 0.1) is 0 Å². The van der Waals surface area contributed by atoms with Gasteiger partial charge in [0.05, 0.1) is 34.6 Å². The minimum absolute atomic E-state index is 0.111. The van der Waals surface area contributed by atoms with E-state index in [-0.39, 0.29) is 24.2 Å². The minimum Gasteiger partial charge on any atom is -0.461 e. The summed E-state index contributed by atoms with van der Waals surface area (Å²) in [5, 5.41) is 0.400. The number of ether oxygens (including phenoxy) is 1. The number of amides is 1. The lowest BCUT2D eigenvalue weighted by atomic mass is 9.97. The Bertz CT molecular complexity index is 830. The highest BCUT2D eigenvalue weighted by Crippen LogP contribution is 2.42. The molecule has 1 amide bonds. The number of hydrogen-bond acceptors (Lipinski definition) is 4. The van der Waals surface area contributed by atoms with E-state index in [0.717, 1.165) is 6.42 Å². The van der Waals surface area contributed by atoms with Crippen molar-refractivity contribution in [2.24, 2.45) is 0 Å². The number of esters is 1. The van der Waals surface area contributed by atoms with Gasteiger partial charge in [0.2, 0.25) is 0 Å². The van der Waals surface area contributed by atoms with E-state index in [1.165, 1.54) is 0 Å². The molecule has 3 heterocycles. The number of rotatable bonds is 2. The number of halogens is 1. The van der Waals surface area contributed by atoms with Crippen LogP contribution in [-0.4, -0.2) is 39.5 Å². The fourth-order valence-electron chi connectivity index (χ4n) is 3.21. The average Bonchev–Trinajstić information content (AvgIpc) is 2.87. The highest BCUT2D eigenvalue weighted by Gasteiger charge is 2.43. The molecule has 1 fully saturated rings. The van der Waals surface area contributed by atoms with Crippen LogP contribution in [0.1, 0.15) is 45.9 Å². The Hall–Kier alpha value is -2.34. The van der Waals surface area contributed by atoms with Gasteiger partial charge in [-0.1, -0.05) is 17.7 Å². The molecule has 118 valence electrons. The normalized spacial score (nSPS) is 18.4. The average molecular weight is 332 g/mol. The van der Waals surface area contributed by atoms with Gasteiger partial charge >= 0.3 is 5.97 Å². The van der Waals surface area contributed by atoms with Crippen LogP contribution in [0.25, 0.3) is 5.69 Å². The molecular formula is C16H14ClN3O3. The molecule has 1 aromatic carbocycles. The largest absolute Gasteiger partial charge is 0.461 e. The molecule has 2 aliphatic heterocycles. The highest BCUT2D eigenvalue weighted by molar-refractivity contribution is 6.34. The predicted octanol–water partition coefficient (Wildman–Crippen LogP) is 2.60. The van der Waals surface area contributed by atoms with E-state index in [0.29, 0.717) is 28.5 Å². The molecule has 0 unspecified atom stereocenters. The van der Waals surface area contributed by atoms with Gasteiger partial charge in [-0.2, -0.15) is 0 Å². The van der Waals surface area contributed by atoms with Crippen molar-refractivity contribution in [3.8, 4) is 5.69 Å². The van der Waals surface area contributed by atoms with Crippen molar-refractivity contribution >= 4 is 23.5 Å². The molecule has 0 radical (unpaired) electrons. The second kappa shape index (κ2) is 5.09. The Kier molecular flexibility index (Phi) is 3.16. The molecule has 0 spiro atoms. The number of nitrogens with zero attached hydrogens (tertiary/aromatic N) is 3. The van der Waals surface area contributed by atoms with E-state index < -0.39 is 5.97 Å². The van der Waals surface area contributed by atoms with Gasteiger partial charge in [0.25, 0.3) is 5.91 Å². The van der Waals surface area contributed by atoms with Gasteiger partial charge in [-0.15, -0.1) is 0 Å². The predicted molar refractivity (Wildman–Crippen MR) is 82.9 cm³/mol. The van der Waals surface area contributed by atoms with Gasteiger partial charge in [-0.3, -0.25) is 9.36 Å². The van der Waals surface area contributed by atoms with E-state index in [9.17, 15) is 9.59 Å². The van der Waals surface area contributed by atoms with E-state index >= 15 is 0 Å². The molecule has 0 bridgehead atoms. The lowest BCUT2D eigenvalue weighted by Gasteiger charge is -2.39. The van der Waals surface area contributed by atoms with Gasteiger partial charge in [-0.05, 0) is 25.5 Å². The van der Waals surface area contributed by atoms with Crippen molar-refractivity contribution in [1.82, 2.24) is 14.5 Å². The molecule has 23 heavy (non-hydrogen) atoms. The Balaban J connectivity index is 1.97. The molecule has 7 heteroatoms. The summed E-state index contributed by atoms with van der Waals surface area (Å²) in [6.07, 6.45) is 2.35. The summed E-state index contributed by atoms with van der Waals surface area (Å²) in [5.41, 5.74) is 2.06. The summed E-state index contributed by atoms with van der Waals surface area (Å²) in [5.74, 6) is -0.577. The molecule has 6 nitrogen and oxygen atoms in total. The number of hydrogen-bond donors (Lipinski definition) is 0. The van der Waals surface area contributed by atoms with Crippen molar-refractivity contribution in [2.75, 3.05) is 13.2 Å². The van der Waals surface area contributed by atoms with Crippen molar-refractivity contribution in [3.63, 3.8) is 0 Å². The standard InChI is InChI=1S/C16H14ClN3O3/c1-2-23-16(22)13-14-11-6-7-19(11)15(21)12-9(17)4-3-5-10(12)20(14)8-18-13/h3-5,8,11H,2,6-7H2,1H3/t11-/m0/s1. The summed E-state index contributed by atoms with van der Waals surface area (Å²) in [7, 11) is 0. The van der Waals surface area contributed by atoms with Gasteiger partial charge < -0.3 is 9.64 Å². The monoisotopic (exact) mass is 331 g/mol. The zero-order valence-electron chi connectivity index (χ0n) is 12.5. The molecule has 1 atom stereocenters. The van der Waals surface area contributed by atoms with E-state index in [1.54, 1.807) is 34.9 Å². The third kappa shape index (κ3) is 1.91. The van der Waals surface area contributed by atoms with Crippen LogP contribution in [0.15, 0.2) is 24.5 Å². The van der Waals surface area contributed by atoms with Gasteiger partial charge in [0, 0.05) is 6.54 Å². The topological polar surface area (TPSA) is 64.4 Å². The second-order valence-corrected chi connectivity index (χ2v) is 5.91. The van der Waals surface area contributed by atoms with Crippen molar-refractivity contribution in [2.45, 2.75) is 19.4 Å². The number of imidazole rings is 1. The van der Waals surface area contributed by atoms with Gasteiger partial charge in [0.15, 0.2) is 5.69 Å². The summed E-state index contributed by atoms with van der Waals surface area (Å²) in [6, 6.07) is 5.12. The molecule has 2 aromatic rings. The molecule has 0 aliphatic carbocycles. The maximum Gasteiger partial charge on any atom is 0.358 e. The van der Waals surface area contributed by atoms with Crippen molar-refractivity contribution in [1.29, 1.82) is 0 Å². The third-order valence-corrected chi connectivity index (χ3v) is 4.65. The lowest BCUT2D eigenvalue weighted by molar-refractivity contribution is 0.0428. The zero-order valence-corrected chi connectivity index (χ0v) is 13.2. The van der Waals surface area contributed by atoms with Crippen LogP contribution < -0.4 is 0 Å². The maximum atomic E-state index is 12.8. The van der Waals surface area contributed by atoms with Crippen LogP contribution >= 0.6 is 11.6 Å². The van der Waals surface area contributed by atoms with Crippen LogP contribution in [0.4, 0.5) is 0 Å². The first-order valence-corrected chi connectivity index (χ1v) is 7.85. The molecule has 1 saturated heterocycles. The molecule has 1 aromatic heterocycles. The SMILES string of the molecule is CCOC(=O)c1ncn2c1[C@@H]1CCN1C(=O)c1c(Cl)cccc1-2. The van der Waals surface area contributed by atoms with E-state index in [2.05, 4.69) is 4.98 Å². The lowest BCUT2D eigenvalue weighted by Crippen LogP contribution is -2.45. The number of benzene rings is 1.